The molecule has 4 unspecified atom stereocenters. The molecule has 0 spiro atoms. The lowest BCUT2D eigenvalue weighted by molar-refractivity contribution is -0.322. The molecule has 13 nitrogen and oxygen atoms in total. The minimum atomic E-state index is -1.55. The Morgan fingerprint density at radius 1 is 0.745 bits per heavy atom. The Labute approximate surface area is 327 Å². The summed E-state index contributed by atoms with van der Waals surface area (Å²) in [4.78, 5) is 0. The standard InChI is InChI=1S/C42H72O13/c1-21(9-13-29(39(4,5)51)55-37-35(50)33(48)31(46)26(20-44)53-37)22-15-16-42(8)27-12-10-23-24(40(27,6)17-18-41(22,42)7)11-14-28(38(23,2)3)54-36-34(49)32(47)30(45)25(19-43)52-36/h10,21-22,24-37,43-51H,9,11-20H2,1-8H3/t21-,22?,24?,25-,26-,27?,28+,29-,30-,31-,32+,33+,34-,35-,36?,37+,40+,41-,42+/m1/s1. The fraction of sp³-hybridized carbons (Fsp3) is 0.952. The molecule has 2 heterocycles. The van der Waals surface area contributed by atoms with Crippen LogP contribution in [-0.4, -0.2) is 138 Å². The third-order valence-corrected chi connectivity index (χ3v) is 16.5. The highest BCUT2D eigenvalue weighted by Crippen LogP contribution is 2.75. The maximum absolute atomic E-state index is 11.2. The van der Waals surface area contributed by atoms with E-state index in [0.29, 0.717) is 30.1 Å². The van der Waals surface area contributed by atoms with E-state index in [-0.39, 0.29) is 27.8 Å². The largest absolute Gasteiger partial charge is 0.394 e. The van der Waals surface area contributed by atoms with Gasteiger partial charge in [-0.1, -0.05) is 53.2 Å². The molecule has 0 radical (unpaired) electrons. The molecule has 6 rings (SSSR count). The van der Waals surface area contributed by atoms with Crippen LogP contribution in [0.15, 0.2) is 11.6 Å². The second-order valence-corrected chi connectivity index (χ2v) is 20.1. The first-order valence-electron chi connectivity index (χ1n) is 20.9. The molecule has 55 heavy (non-hydrogen) atoms. The van der Waals surface area contributed by atoms with Crippen molar-refractivity contribution in [2.45, 2.75) is 192 Å². The monoisotopic (exact) mass is 784 g/mol. The average Bonchev–Trinajstić information content (AvgIpc) is 3.41. The van der Waals surface area contributed by atoms with Crippen LogP contribution in [0.2, 0.25) is 0 Å². The molecule has 0 amide bonds. The molecule has 6 aliphatic rings. The topological polar surface area (TPSA) is 219 Å². The average molecular weight is 785 g/mol. The first kappa shape index (κ1) is 43.8. The third kappa shape index (κ3) is 7.31. The summed E-state index contributed by atoms with van der Waals surface area (Å²) < 4.78 is 24.0. The number of fused-ring (bicyclic) bond motifs is 5. The molecule has 9 N–H and O–H groups in total. The number of ether oxygens (including phenoxy) is 4. The van der Waals surface area contributed by atoms with Gasteiger partial charge in [0.05, 0.1) is 31.0 Å². The highest BCUT2D eigenvalue weighted by molar-refractivity contribution is 5.30. The van der Waals surface area contributed by atoms with Crippen LogP contribution < -0.4 is 0 Å². The van der Waals surface area contributed by atoms with Crippen molar-refractivity contribution in [3.8, 4) is 0 Å². The molecule has 0 aromatic rings. The summed E-state index contributed by atoms with van der Waals surface area (Å²) in [6.45, 7) is 16.5. The van der Waals surface area contributed by atoms with Gasteiger partial charge < -0.3 is 64.9 Å². The predicted octanol–water partition coefficient (Wildman–Crippen LogP) is 2.15. The van der Waals surface area contributed by atoms with Gasteiger partial charge >= 0.3 is 0 Å². The molecular weight excluding hydrogens is 712 g/mol. The van der Waals surface area contributed by atoms with E-state index >= 15 is 0 Å². The van der Waals surface area contributed by atoms with Gasteiger partial charge in [-0.2, -0.15) is 0 Å². The third-order valence-electron chi connectivity index (χ3n) is 16.5. The van der Waals surface area contributed by atoms with Gasteiger partial charge in [0.2, 0.25) is 0 Å². The summed E-state index contributed by atoms with van der Waals surface area (Å²) in [7, 11) is 0. The van der Waals surface area contributed by atoms with Crippen molar-refractivity contribution in [3.05, 3.63) is 11.6 Å². The molecule has 13 heteroatoms. The molecule has 318 valence electrons. The first-order chi connectivity index (χ1) is 25.6. The minimum absolute atomic E-state index is 0.0904. The summed E-state index contributed by atoms with van der Waals surface area (Å²) in [5, 5.41) is 93.2. The van der Waals surface area contributed by atoms with Gasteiger partial charge in [-0.05, 0) is 112 Å². The quantitative estimate of drug-likeness (QED) is 0.137. The first-order valence-corrected chi connectivity index (χ1v) is 20.9. The van der Waals surface area contributed by atoms with Crippen LogP contribution in [0.25, 0.3) is 0 Å². The molecule has 3 saturated carbocycles. The zero-order valence-electron chi connectivity index (χ0n) is 34.3. The molecule has 0 aromatic carbocycles. The van der Waals surface area contributed by atoms with Crippen LogP contribution in [0, 0.1) is 45.3 Å². The van der Waals surface area contributed by atoms with Crippen LogP contribution in [-0.2, 0) is 18.9 Å². The fourth-order valence-electron chi connectivity index (χ4n) is 12.7. The van der Waals surface area contributed by atoms with E-state index < -0.39 is 86.3 Å². The van der Waals surface area contributed by atoms with E-state index in [0.717, 1.165) is 51.4 Å². The van der Waals surface area contributed by atoms with E-state index in [1.165, 1.54) is 5.57 Å². The van der Waals surface area contributed by atoms with Crippen molar-refractivity contribution in [1.29, 1.82) is 0 Å². The number of hydrogen-bond donors (Lipinski definition) is 9. The molecule has 4 aliphatic carbocycles. The summed E-state index contributed by atoms with van der Waals surface area (Å²) in [5.74, 6) is 1.65. The van der Waals surface area contributed by atoms with Crippen LogP contribution in [0.3, 0.4) is 0 Å². The Bertz CT molecular complexity index is 1360. The predicted molar refractivity (Wildman–Crippen MR) is 201 cm³/mol. The van der Waals surface area contributed by atoms with Crippen LogP contribution in [0.1, 0.15) is 113 Å². The van der Waals surface area contributed by atoms with E-state index in [1.807, 2.05) is 0 Å². The lowest BCUT2D eigenvalue weighted by Gasteiger charge is -2.66. The summed E-state index contributed by atoms with van der Waals surface area (Å²) >= 11 is 0. The van der Waals surface area contributed by atoms with Gasteiger partial charge in [0, 0.05) is 5.41 Å². The van der Waals surface area contributed by atoms with Gasteiger partial charge in [-0.15, -0.1) is 0 Å². The van der Waals surface area contributed by atoms with Gasteiger partial charge in [-0.3, -0.25) is 0 Å². The highest BCUT2D eigenvalue weighted by atomic mass is 16.7. The van der Waals surface area contributed by atoms with Crippen molar-refractivity contribution in [2.24, 2.45) is 45.3 Å². The van der Waals surface area contributed by atoms with Crippen molar-refractivity contribution in [3.63, 3.8) is 0 Å². The Balaban J connectivity index is 1.15. The van der Waals surface area contributed by atoms with Crippen molar-refractivity contribution < 1.29 is 64.9 Å². The van der Waals surface area contributed by atoms with E-state index in [4.69, 9.17) is 18.9 Å². The van der Waals surface area contributed by atoms with E-state index in [9.17, 15) is 46.0 Å². The number of rotatable bonds is 11. The summed E-state index contributed by atoms with van der Waals surface area (Å²) in [5.41, 5.74) is 0.0454. The molecule has 2 saturated heterocycles. The van der Waals surface area contributed by atoms with Crippen LogP contribution in [0.5, 0.6) is 0 Å². The molecule has 0 aromatic heterocycles. The summed E-state index contributed by atoms with van der Waals surface area (Å²) in [6, 6.07) is 0. The Hall–Kier alpha value is -0.780. The van der Waals surface area contributed by atoms with E-state index in [1.54, 1.807) is 13.8 Å². The van der Waals surface area contributed by atoms with Crippen LogP contribution in [0.4, 0.5) is 0 Å². The van der Waals surface area contributed by atoms with Gasteiger partial charge in [0.15, 0.2) is 12.6 Å². The SMILES string of the molecule is C[C@H](CC[C@@H](O[C@@H]1O[C@H](CO)[C@@H](O)[C@H](O)[C@H]1O)C(C)(C)O)C1CC[C@@]2(C)C3CC=C4C(CC[C@H](OC5O[C@H](CO)[C@@H](O)[C@H](O)[C@H]5O)C4(C)C)[C@]3(C)CC[C@]12C. The number of aliphatic hydroxyl groups is 9. The Kier molecular flexibility index (Phi) is 12.5. The van der Waals surface area contributed by atoms with Crippen molar-refractivity contribution >= 4 is 0 Å². The zero-order valence-corrected chi connectivity index (χ0v) is 34.3. The molecule has 19 atom stereocenters. The molecular formula is C42H72O13. The highest BCUT2D eigenvalue weighted by Gasteiger charge is 2.67. The lowest BCUT2D eigenvalue weighted by atomic mass is 9.39. The summed E-state index contributed by atoms with van der Waals surface area (Å²) in [6.07, 6.45) is -3.62. The number of hydrogen-bond acceptors (Lipinski definition) is 13. The maximum Gasteiger partial charge on any atom is 0.187 e. The number of aliphatic hydroxyl groups excluding tert-OH is 8. The molecule has 2 aliphatic heterocycles. The van der Waals surface area contributed by atoms with Gasteiger partial charge in [0.25, 0.3) is 0 Å². The second-order valence-electron chi connectivity index (χ2n) is 20.1. The maximum atomic E-state index is 11.2. The molecule has 0 bridgehead atoms. The van der Waals surface area contributed by atoms with Crippen LogP contribution >= 0.6 is 0 Å². The van der Waals surface area contributed by atoms with Crippen molar-refractivity contribution in [1.82, 2.24) is 0 Å². The number of allylic oxidation sites excluding steroid dienone is 1. The molecule has 5 fully saturated rings. The second kappa shape index (κ2) is 15.7. The van der Waals surface area contributed by atoms with Gasteiger partial charge in [0.1, 0.15) is 48.8 Å². The minimum Gasteiger partial charge on any atom is -0.394 e. The zero-order chi connectivity index (χ0) is 40.6. The van der Waals surface area contributed by atoms with E-state index in [2.05, 4.69) is 47.6 Å². The van der Waals surface area contributed by atoms with Crippen molar-refractivity contribution in [2.75, 3.05) is 13.2 Å². The Morgan fingerprint density at radius 3 is 1.91 bits per heavy atom. The Morgan fingerprint density at radius 2 is 1.33 bits per heavy atom. The normalized spacial score (nSPS) is 49.7. The lowest BCUT2D eigenvalue weighted by Crippen LogP contribution is -2.61. The van der Waals surface area contributed by atoms with Gasteiger partial charge in [-0.25, -0.2) is 0 Å². The smallest absolute Gasteiger partial charge is 0.187 e. The fourth-order valence-corrected chi connectivity index (χ4v) is 12.7.